The fourth-order valence-corrected chi connectivity index (χ4v) is 5.45. The molecular weight excluding hydrogens is 486 g/mol. The molecule has 0 aliphatic heterocycles. The third kappa shape index (κ3) is 26.0. The zero-order valence-electron chi connectivity index (χ0n) is 26.3. The van der Waals surface area contributed by atoms with Crippen LogP contribution in [0.1, 0.15) is 187 Å². The Morgan fingerprint density at radius 2 is 0.872 bits per heavy atom. The average molecular weight is 556 g/mol. The summed E-state index contributed by atoms with van der Waals surface area (Å²) in [5.74, 6) is -0.146. The minimum atomic E-state index is -1.13. The van der Waals surface area contributed by atoms with E-state index < -0.39 is 18.2 Å². The molecule has 1 amide bonds. The number of hydrogen-bond acceptors (Lipinski definition) is 4. The summed E-state index contributed by atoms with van der Waals surface area (Å²) >= 11 is 0. The summed E-state index contributed by atoms with van der Waals surface area (Å²) < 4.78 is 0. The first-order valence-corrected chi connectivity index (χ1v) is 17.3. The van der Waals surface area contributed by atoms with Crippen LogP contribution in [0.2, 0.25) is 0 Å². The molecule has 39 heavy (non-hydrogen) atoms. The molecule has 0 spiro atoms. The highest BCUT2D eigenvalue weighted by Gasteiger charge is 2.26. The maximum absolute atomic E-state index is 12.3. The summed E-state index contributed by atoms with van der Waals surface area (Å²) in [4.78, 5) is 12.3. The highest BCUT2D eigenvalue weighted by Crippen LogP contribution is 2.16. The van der Waals surface area contributed by atoms with E-state index in [1.807, 2.05) is 0 Å². The van der Waals surface area contributed by atoms with Gasteiger partial charge in [-0.3, -0.25) is 4.79 Å². The molecule has 0 aromatic rings. The van der Waals surface area contributed by atoms with Crippen molar-refractivity contribution in [2.24, 2.45) is 0 Å². The van der Waals surface area contributed by atoms with Crippen LogP contribution in [0, 0.1) is 0 Å². The van der Waals surface area contributed by atoms with E-state index in [2.05, 4.69) is 19.2 Å². The molecule has 0 aliphatic rings. The summed E-state index contributed by atoms with van der Waals surface area (Å²) in [6.45, 7) is 4.15. The SMILES string of the molecule is CCCCCCCCCCCCCCCCC(O)C(O)C(CO)NC(=O)CCCCCCCCCCCCC. The molecule has 0 aromatic heterocycles. The molecule has 0 rings (SSSR count). The van der Waals surface area contributed by atoms with Gasteiger partial charge in [0.05, 0.1) is 18.8 Å². The van der Waals surface area contributed by atoms with Gasteiger partial charge in [0.25, 0.3) is 0 Å². The molecular formula is C34H69NO4. The Morgan fingerprint density at radius 1 is 0.538 bits per heavy atom. The molecule has 4 N–H and O–H groups in total. The Kier molecular flexibility index (Phi) is 29.8. The standard InChI is InChI=1S/C34H69NO4/c1-3-5-7-9-11-13-15-16-17-19-20-22-24-26-28-32(37)34(39)31(30-36)35-33(38)29-27-25-23-21-18-14-12-10-8-6-4-2/h31-32,34,36-37,39H,3-30H2,1-2H3,(H,35,38). The number of rotatable bonds is 31. The molecule has 5 nitrogen and oxygen atoms in total. The lowest BCUT2D eigenvalue weighted by molar-refractivity contribution is -0.124. The molecule has 0 saturated carbocycles. The van der Waals surface area contributed by atoms with Crippen molar-refractivity contribution in [1.82, 2.24) is 5.32 Å². The van der Waals surface area contributed by atoms with E-state index >= 15 is 0 Å². The van der Waals surface area contributed by atoms with E-state index in [0.29, 0.717) is 12.8 Å². The lowest BCUT2D eigenvalue weighted by atomic mass is 9.99. The first-order valence-electron chi connectivity index (χ1n) is 17.3. The van der Waals surface area contributed by atoms with Crippen molar-refractivity contribution in [2.75, 3.05) is 6.61 Å². The van der Waals surface area contributed by atoms with Gasteiger partial charge in [-0.25, -0.2) is 0 Å². The number of unbranched alkanes of at least 4 members (excludes halogenated alkanes) is 23. The molecule has 0 saturated heterocycles. The second kappa shape index (κ2) is 30.3. The highest BCUT2D eigenvalue weighted by atomic mass is 16.3. The van der Waals surface area contributed by atoms with E-state index in [0.717, 1.165) is 32.1 Å². The Labute approximate surface area is 243 Å². The van der Waals surface area contributed by atoms with Crippen molar-refractivity contribution in [2.45, 2.75) is 205 Å². The predicted octanol–water partition coefficient (Wildman–Crippen LogP) is 8.76. The molecule has 0 aliphatic carbocycles. The fourth-order valence-electron chi connectivity index (χ4n) is 5.45. The first kappa shape index (κ1) is 38.4. The second-order valence-corrected chi connectivity index (χ2v) is 12.1. The van der Waals surface area contributed by atoms with Crippen LogP contribution in [-0.4, -0.2) is 46.1 Å². The maximum atomic E-state index is 12.3. The zero-order valence-corrected chi connectivity index (χ0v) is 26.3. The monoisotopic (exact) mass is 556 g/mol. The summed E-state index contributed by atoms with van der Waals surface area (Å²) in [6.07, 6.45) is 30.4. The van der Waals surface area contributed by atoms with E-state index in [1.54, 1.807) is 0 Å². The van der Waals surface area contributed by atoms with Gasteiger partial charge in [-0.2, -0.15) is 0 Å². The van der Waals surface area contributed by atoms with Crippen LogP contribution in [0.15, 0.2) is 0 Å². The molecule has 3 unspecified atom stereocenters. The zero-order chi connectivity index (χ0) is 28.8. The van der Waals surface area contributed by atoms with Gasteiger partial charge in [-0.05, 0) is 12.8 Å². The Bertz CT molecular complexity index is 502. The summed E-state index contributed by atoms with van der Waals surface area (Å²) in [6, 6.07) is -0.799. The molecule has 0 radical (unpaired) electrons. The van der Waals surface area contributed by atoms with Crippen LogP contribution >= 0.6 is 0 Å². The molecule has 0 fully saturated rings. The quantitative estimate of drug-likeness (QED) is 0.0644. The molecule has 0 aromatic carbocycles. The van der Waals surface area contributed by atoms with E-state index in [4.69, 9.17) is 0 Å². The van der Waals surface area contributed by atoms with Crippen LogP contribution in [0.25, 0.3) is 0 Å². The van der Waals surface area contributed by atoms with Crippen molar-refractivity contribution >= 4 is 5.91 Å². The largest absolute Gasteiger partial charge is 0.394 e. The van der Waals surface area contributed by atoms with Gasteiger partial charge in [0, 0.05) is 6.42 Å². The lowest BCUT2D eigenvalue weighted by Crippen LogP contribution is -2.50. The van der Waals surface area contributed by atoms with Crippen LogP contribution in [0.3, 0.4) is 0 Å². The number of hydrogen-bond donors (Lipinski definition) is 4. The van der Waals surface area contributed by atoms with Gasteiger partial charge in [-0.1, -0.05) is 168 Å². The van der Waals surface area contributed by atoms with Crippen LogP contribution in [-0.2, 0) is 4.79 Å². The number of carbonyl (C=O) groups is 1. The van der Waals surface area contributed by atoms with Crippen LogP contribution < -0.4 is 5.32 Å². The first-order chi connectivity index (χ1) is 19.1. The second-order valence-electron chi connectivity index (χ2n) is 12.1. The molecule has 3 atom stereocenters. The van der Waals surface area contributed by atoms with E-state index in [9.17, 15) is 20.1 Å². The van der Waals surface area contributed by atoms with Crippen molar-refractivity contribution in [3.05, 3.63) is 0 Å². The molecule has 234 valence electrons. The van der Waals surface area contributed by atoms with Gasteiger partial charge >= 0.3 is 0 Å². The number of nitrogens with one attached hydrogen (secondary N) is 1. The van der Waals surface area contributed by atoms with Gasteiger partial charge in [0.15, 0.2) is 0 Å². The van der Waals surface area contributed by atoms with Gasteiger partial charge in [0.2, 0.25) is 5.91 Å². The number of amides is 1. The minimum absolute atomic E-state index is 0.146. The Balaban J connectivity index is 3.69. The number of carbonyl (C=O) groups excluding carboxylic acids is 1. The van der Waals surface area contributed by atoms with Crippen LogP contribution in [0.4, 0.5) is 0 Å². The van der Waals surface area contributed by atoms with Crippen molar-refractivity contribution in [1.29, 1.82) is 0 Å². The minimum Gasteiger partial charge on any atom is -0.394 e. The molecule has 0 heterocycles. The molecule has 0 bridgehead atoms. The van der Waals surface area contributed by atoms with Gasteiger partial charge < -0.3 is 20.6 Å². The highest BCUT2D eigenvalue weighted by molar-refractivity contribution is 5.76. The topological polar surface area (TPSA) is 89.8 Å². The normalized spacial score (nSPS) is 13.9. The third-order valence-electron chi connectivity index (χ3n) is 8.21. The summed E-state index contributed by atoms with van der Waals surface area (Å²) in [5.41, 5.74) is 0. The molecule has 5 heteroatoms. The van der Waals surface area contributed by atoms with Crippen LogP contribution in [0.5, 0.6) is 0 Å². The Hall–Kier alpha value is -0.650. The van der Waals surface area contributed by atoms with E-state index in [-0.39, 0.29) is 12.5 Å². The number of aliphatic hydroxyl groups excluding tert-OH is 3. The summed E-state index contributed by atoms with van der Waals surface area (Å²) in [7, 11) is 0. The summed E-state index contributed by atoms with van der Waals surface area (Å²) in [5, 5.41) is 33.3. The maximum Gasteiger partial charge on any atom is 0.220 e. The smallest absolute Gasteiger partial charge is 0.220 e. The van der Waals surface area contributed by atoms with Gasteiger partial charge in [0.1, 0.15) is 6.10 Å². The number of aliphatic hydroxyl groups is 3. The fraction of sp³-hybridized carbons (Fsp3) is 0.971. The van der Waals surface area contributed by atoms with E-state index in [1.165, 1.54) is 128 Å². The van der Waals surface area contributed by atoms with Crippen molar-refractivity contribution in [3.8, 4) is 0 Å². The average Bonchev–Trinajstić information content (AvgIpc) is 2.94. The predicted molar refractivity (Wildman–Crippen MR) is 167 cm³/mol. The third-order valence-corrected chi connectivity index (χ3v) is 8.21. The van der Waals surface area contributed by atoms with Crippen molar-refractivity contribution in [3.63, 3.8) is 0 Å². The van der Waals surface area contributed by atoms with Crippen molar-refractivity contribution < 1.29 is 20.1 Å². The van der Waals surface area contributed by atoms with Gasteiger partial charge in [-0.15, -0.1) is 0 Å². The lowest BCUT2D eigenvalue weighted by Gasteiger charge is -2.26. The Morgan fingerprint density at radius 3 is 1.23 bits per heavy atom.